The van der Waals surface area contributed by atoms with Gasteiger partial charge in [-0.1, -0.05) is 45.9 Å². The van der Waals surface area contributed by atoms with Crippen LogP contribution in [0.4, 0.5) is 9.18 Å². The maximum absolute atomic E-state index is 13.8. The molecule has 2 rings (SSSR count). The lowest BCUT2D eigenvalue weighted by molar-refractivity contribution is -0.144. The Morgan fingerprint density at radius 2 is 1.73 bits per heavy atom. The van der Waals surface area contributed by atoms with Crippen LogP contribution in [0.25, 0.3) is 0 Å². The van der Waals surface area contributed by atoms with E-state index in [0.29, 0.717) is 31.4 Å². The van der Waals surface area contributed by atoms with Gasteiger partial charge in [-0.2, -0.15) is 0 Å². The number of benzene rings is 1. The number of esters is 1. The first-order chi connectivity index (χ1) is 19.4. The van der Waals surface area contributed by atoms with Crippen LogP contribution >= 0.6 is 0 Å². The highest BCUT2D eigenvalue weighted by molar-refractivity contribution is 5.93. The maximum atomic E-state index is 13.8. The van der Waals surface area contributed by atoms with Crippen LogP contribution in [0.15, 0.2) is 36.4 Å². The van der Waals surface area contributed by atoms with Gasteiger partial charge in [0, 0.05) is 12.6 Å². The van der Waals surface area contributed by atoms with Crippen molar-refractivity contribution in [3.63, 3.8) is 0 Å². The first kappa shape index (κ1) is 33.2. The summed E-state index contributed by atoms with van der Waals surface area (Å²) in [4.78, 5) is 63.6. The van der Waals surface area contributed by atoms with E-state index in [-0.39, 0.29) is 24.2 Å². The molecule has 1 aromatic carbocycles. The van der Waals surface area contributed by atoms with E-state index in [4.69, 9.17) is 4.74 Å². The number of nitrogens with one attached hydrogen (secondary N) is 5. The number of hydrogen-bond acceptors (Lipinski definition) is 6. The number of halogens is 1. The second-order valence-corrected chi connectivity index (χ2v) is 10.7. The molecule has 0 aliphatic carbocycles. The molecule has 4 atom stereocenters. The van der Waals surface area contributed by atoms with Gasteiger partial charge in [-0.25, -0.2) is 14.0 Å². The molecule has 1 aliphatic heterocycles. The molecule has 12 heteroatoms. The van der Waals surface area contributed by atoms with Crippen LogP contribution in [0.2, 0.25) is 0 Å². The zero-order valence-corrected chi connectivity index (χ0v) is 24.3. The molecule has 41 heavy (non-hydrogen) atoms. The summed E-state index contributed by atoms with van der Waals surface area (Å²) < 4.78 is 18.5. The van der Waals surface area contributed by atoms with Crippen molar-refractivity contribution in [2.24, 2.45) is 11.8 Å². The second kappa shape index (κ2) is 16.3. The highest BCUT2D eigenvalue weighted by atomic mass is 19.1. The number of carbonyl (C=O) groups is 5. The van der Waals surface area contributed by atoms with Gasteiger partial charge in [0.05, 0.1) is 13.2 Å². The molecule has 0 radical (unpaired) electrons. The smallest absolute Gasteiger partial charge is 0.328 e. The summed E-state index contributed by atoms with van der Waals surface area (Å²) >= 11 is 0. The molecule has 5 N–H and O–H groups in total. The predicted molar refractivity (Wildman–Crippen MR) is 151 cm³/mol. The molecule has 226 valence electrons. The Kier molecular flexibility index (Phi) is 13.2. The number of ether oxygens (including phenoxy) is 1. The van der Waals surface area contributed by atoms with E-state index in [1.807, 2.05) is 0 Å². The predicted octanol–water partition coefficient (Wildman–Crippen LogP) is 1.72. The molecular weight excluding hydrogens is 533 g/mol. The molecule has 0 aromatic heterocycles. The number of urea groups is 1. The highest BCUT2D eigenvalue weighted by Crippen LogP contribution is 2.11. The van der Waals surface area contributed by atoms with Crippen molar-refractivity contribution in [1.82, 2.24) is 26.6 Å². The molecular formula is C29H42FN5O6. The van der Waals surface area contributed by atoms with Crippen molar-refractivity contribution >= 4 is 29.7 Å². The number of hydrogen-bond donors (Lipinski definition) is 5. The summed E-state index contributed by atoms with van der Waals surface area (Å²) in [6.45, 7) is 7.38. The molecule has 0 saturated heterocycles. The van der Waals surface area contributed by atoms with Gasteiger partial charge < -0.3 is 31.3 Å². The number of carbonyl (C=O) groups excluding carboxylic acids is 5. The van der Waals surface area contributed by atoms with E-state index in [0.717, 1.165) is 0 Å². The van der Waals surface area contributed by atoms with Crippen molar-refractivity contribution < 1.29 is 33.1 Å². The van der Waals surface area contributed by atoms with Crippen molar-refractivity contribution in [2.45, 2.75) is 77.5 Å². The Hall–Kier alpha value is -3.96. The average Bonchev–Trinajstić information content (AvgIpc) is 2.90. The summed E-state index contributed by atoms with van der Waals surface area (Å²) in [6.07, 6.45) is 4.50. The quantitative estimate of drug-likeness (QED) is 0.283. The largest absolute Gasteiger partial charge is 0.467 e. The standard InChI is InChI=1S/C29H42FN5O6/c1-17(2)24(34-29(40)35-25(18(3)4)28(39)41-5)27(38)33-22-11-6-7-14-31-23(36)13-12-21(32-26(22)37)16-19-9-8-10-20(30)15-19/h8-10,12-13,15,17-18,21-22,24-25H,6-7,11,14,16H2,1-5H3,(H,31,36)(H,32,37)(H,33,38)(H2,34,35,40)/b13-12-/t21-,22+,24+,25+/m1/s1. The van der Waals surface area contributed by atoms with Gasteiger partial charge in [-0.05, 0) is 55.2 Å². The van der Waals surface area contributed by atoms with Crippen LogP contribution in [-0.2, 0) is 30.3 Å². The van der Waals surface area contributed by atoms with Gasteiger partial charge in [0.1, 0.15) is 23.9 Å². The Bertz CT molecular complexity index is 1110. The lowest BCUT2D eigenvalue weighted by atomic mass is 10.0. The monoisotopic (exact) mass is 575 g/mol. The summed E-state index contributed by atoms with van der Waals surface area (Å²) in [5, 5.41) is 13.6. The summed E-state index contributed by atoms with van der Waals surface area (Å²) in [5.41, 5.74) is 0.620. The van der Waals surface area contributed by atoms with Gasteiger partial charge in [-0.15, -0.1) is 0 Å². The van der Waals surface area contributed by atoms with E-state index in [9.17, 15) is 28.4 Å². The Labute approximate surface area is 240 Å². The molecule has 1 aromatic rings. The molecule has 0 fully saturated rings. The minimum absolute atomic E-state index is 0.224. The normalized spacial score (nSPS) is 20.4. The topological polar surface area (TPSA) is 155 Å². The average molecular weight is 576 g/mol. The molecule has 0 bridgehead atoms. The van der Waals surface area contributed by atoms with Gasteiger partial charge in [-0.3, -0.25) is 14.4 Å². The summed E-state index contributed by atoms with van der Waals surface area (Å²) in [6, 6.07) is 1.74. The fourth-order valence-electron chi connectivity index (χ4n) is 4.33. The summed E-state index contributed by atoms with van der Waals surface area (Å²) in [7, 11) is 1.22. The van der Waals surface area contributed by atoms with Crippen LogP contribution in [-0.4, -0.2) is 67.5 Å². The molecule has 1 heterocycles. The van der Waals surface area contributed by atoms with Gasteiger partial charge in [0.25, 0.3) is 0 Å². The van der Waals surface area contributed by atoms with Gasteiger partial charge in [0.15, 0.2) is 0 Å². The third-order valence-electron chi connectivity index (χ3n) is 6.65. The zero-order valence-electron chi connectivity index (χ0n) is 24.3. The lowest BCUT2D eigenvalue weighted by Gasteiger charge is -2.27. The minimum Gasteiger partial charge on any atom is -0.467 e. The first-order valence-electron chi connectivity index (χ1n) is 13.9. The Morgan fingerprint density at radius 3 is 2.37 bits per heavy atom. The zero-order chi connectivity index (χ0) is 30.5. The molecule has 11 nitrogen and oxygen atoms in total. The third kappa shape index (κ3) is 11.2. The number of methoxy groups -OCH3 is 1. The fraction of sp³-hybridized carbons (Fsp3) is 0.552. The van der Waals surface area contributed by atoms with Crippen LogP contribution in [0.1, 0.15) is 52.5 Å². The van der Waals surface area contributed by atoms with E-state index in [1.165, 1.54) is 31.4 Å². The summed E-state index contributed by atoms with van der Waals surface area (Å²) in [5.74, 6) is -2.96. The Balaban J connectivity index is 2.18. The number of amides is 5. The van der Waals surface area contributed by atoms with Crippen molar-refractivity contribution in [1.29, 1.82) is 0 Å². The van der Waals surface area contributed by atoms with E-state index in [2.05, 4.69) is 26.6 Å². The van der Waals surface area contributed by atoms with Crippen LogP contribution in [0.3, 0.4) is 0 Å². The van der Waals surface area contributed by atoms with Crippen molar-refractivity contribution in [3.8, 4) is 0 Å². The number of rotatable bonds is 9. The lowest BCUT2D eigenvalue weighted by Crippen LogP contribution is -2.59. The van der Waals surface area contributed by atoms with Crippen molar-refractivity contribution in [3.05, 3.63) is 47.8 Å². The first-order valence-corrected chi connectivity index (χ1v) is 13.9. The highest BCUT2D eigenvalue weighted by Gasteiger charge is 2.31. The van der Waals surface area contributed by atoms with Gasteiger partial charge >= 0.3 is 12.0 Å². The molecule has 5 amide bonds. The molecule has 0 unspecified atom stereocenters. The SMILES string of the molecule is COC(=O)[C@@H](NC(=O)N[C@H](C(=O)N[C@H]1CCCCNC(=O)/C=C\[C@H](Cc2cccc(F)c2)NC1=O)C(C)C)C(C)C. The van der Waals surface area contributed by atoms with E-state index in [1.54, 1.807) is 39.8 Å². The van der Waals surface area contributed by atoms with Crippen molar-refractivity contribution in [2.75, 3.05) is 13.7 Å². The molecule has 1 aliphatic rings. The van der Waals surface area contributed by atoms with Crippen LogP contribution in [0, 0.1) is 17.7 Å². The fourth-order valence-corrected chi connectivity index (χ4v) is 4.33. The Morgan fingerprint density at radius 1 is 1.05 bits per heavy atom. The maximum Gasteiger partial charge on any atom is 0.328 e. The van der Waals surface area contributed by atoms with Gasteiger partial charge in [0.2, 0.25) is 17.7 Å². The second-order valence-electron chi connectivity index (χ2n) is 10.7. The van der Waals surface area contributed by atoms with E-state index < -0.39 is 53.8 Å². The minimum atomic E-state index is -1.00. The third-order valence-corrected chi connectivity index (χ3v) is 6.65. The van der Waals surface area contributed by atoms with E-state index >= 15 is 0 Å². The van der Waals surface area contributed by atoms with Crippen LogP contribution in [0.5, 0.6) is 0 Å². The van der Waals surface area contributed by atoms with Crippen LogP contribution < -0.4 is 26.6 Å². The molecule has 0 spiro atoms. The molecule has 0 saturated carbocycles.